The summed E-state index contributed by atoms with van der Waals surface area (Å²) in [5, 5.41) is 23.2. The number of hydrogen-bond donors (Lipinski definition) is 4. The number of rotatable bonds is 9. The summed E-state index contributed by atoms with van der Waals surface area (Å²) in [5.74, 6) is 0.369. The summed E-state index contributed by atoms with van der Waals surface area (Å²) in [5.41, 5.74) is 2.49. The summed E-state index contributed by atoms with van der Waals surface area (Å²) in [6.45, 7) is 4.32. The Morgan fingerprint density at radius 2 is 1.81 bits per heavy atom. The van der Waals surface area contributed by atoms with Crippen molar-refractivity contribution >= 4 is 11.9 Å². The van der Waals surface area contributed by atoms with Gasteiger partial charge in [-0.25, -0.2) is 4.68 Å². The maximum atomic E-state index is 12.1. The Balaban J connectivity index is 1.43. The van der Waals surface area contributed by atoms with Gasteiger partial charge in [0.1, 0.15) is 5.75 Å². The lowest BCUT2D eigenvalue weighted by molar-refractivity contribution is 0.0951. The number of aromatic hydroxyl groups is 1. The van der Waals surface area contributed by atoms with Gasteiger partial charge in [0.2, 0.25) is 0 Å². The lowest BCUT2D eigenvalue weighted by Crippen LogP contribution is -2.41. The maximum Gasteiger partial charge on any atom is 0.255 e. The molecule has 8 heteroatoms. The van der Waals surface area contributed by atoms with Crippen molar-refractivity contribution in [2.45, 2.75) is 13.3 Å². The minimum Gasteiger partial charge on any atom is -0.507 e. The highest BCUT2D eigenvalue weighted by Crippen LogP contribution is 2.14. The zero-order chi connectivity index (χ0) is 21.9. The molecule has 1 amide bonds. The lowest BCUT2D eigenvalue weighted by Gasteiger charge is -2.12. The van der Waals surface area contributed by atoms with Crippen LogP contribution in [0.3, 0.4) is 0 Å². The molecule has 162 valence electrons. The molecule has 0 aliphatic rings. The Morgan fingerprint density at radius 1 is 1.03 bits per heavy atom. The molecule has 0 fully saturated rings. The third-order valence-electron chi connectivity index (χ3n) is 4.57. The van der Waals surface area contributed by atoms with E-state index >= 15 is 0 Å². The van der Waals surface area contributed by atoms with Gasteiger partial charge in [-0.1, -0.05) is 24.3 Å². The molecular formula is C23H28N6O2. The van der Waals surface area contributed by atoms with Gasteiger partial charge >= 0.3 is 0 Å². The Hall–Kier alpha value is -3.81. The first-order valence-electron chi connectivity index (χ1n) is 10.3. The molecule has 4 N–H and O–H groups in total. The fourth-order valence-electron chi connectivity index (χ4n) is 2.99. The number of aliphatic imine (C=N–C) groups is 1. The Kier molecular flexibility index (Phi) is 8.05. The van der Waals surface area contributed by atoms with Crippen molar-refractivity contribution in [3.8, 4) is 11.4 Å². The zero-order valence-corrected chi connectivity index (χ0v) is 17.6. The molecule has 0 radical (unpaired) electrons. The SMILES string of the molecule is CCNC(=NCCc1ccc(-n2cccn2)cc1)NCCNC(=O)c1ccccc1O. The molecule has 0 aliphatic carbocycles. The van der Waals surface area contributed by atoms with E-state index in [9.17, 15) is 9.90 Å². The average Bonchev–Trinajstić information content (AvgIpc) is 3.32. The number of benzene rings is 2. The first-order chi connectivity index (χ1) is 15.2. The Labute approximate surface area is 182 Å². The fraction of sp³-hybridized carbons (Fsp3) is 0.261. The number of phenolic OH excluding ortho intramolecular Hbond substituents is 1. The number of hydrogen-bond acceptors (Lipinski definition) is 4. The van der Waals surface area contributed by atoms with Crippen molar-refractivity contribution in [1.82, 2.24) is 25.7 Å². The second-order valence-electron chi connectivity index (χ2n) is 6.83. The van der Waals surface area contributed by atoms with Crippen LogP contribution in [0.2, 0.25) is 0 Å². The van der Waals surface area contributed by atoms with Crippen molar-refractivity contribution in [2.75, 3.05) is 26.2 Å². The highest BCUT2D eigenvalue weighted by molar-refractivity contribution is 5.96. The molecule has 0 unspecified atom stereocenters. The van der Waals surface area contributed by atoms with Gasteiger partial charge in [-0.3, -0.25) is 9.79 Å². The standard InChI is InChI=1S/C23H28N6O2/c1-2-24-23(27-16-15-25-22(31)20-6-3-4-7-21(20)30)26-14-12-18-8-10-19(11-9-18)29-17-5-13-28-29/h3-11,13,17,30H,2,12,14-16H2,1H3,(H,25,31)(H2,24,26,27). The second kappa shape index (κ2) is 11.4. The van der Waals surface area contributed by atoms with Gasteiger partial charge in [-0.05, 0) is 49.2 Å². The van der Waals surface area contributed by atoms with E-state index in [2.05, 4.69) is 38.2 Å². The van der Waals surface area contributed by atoms with Gasteiger partial charge in [-0.15, -0.1) is 0 Å². The van der Waals surface area contributed by atoms with Gasteiger partial charge in [0.15, 0.2) is 5.96 Å². The molecule has 1 aromatic heterocycles. The van der Waals surface area contributed by atoms with Crippen molar-refractivity contribution in [3.63, 3.8) is 0 Å². The first kappa shape index (κ1) is 21.9. The average molecular weight is 421 g/mol. The minimum absolute atomic E-state index is 0.0273. The van der Waals surface area contributed by atoms with Crippen LogP contribution in [0.1, 0.15) is 22.8 Å². The van der Waals surface area contributed by atoms with Gasteiger partial charge < -0.3 is 21.1 Å². The number of nitrogens with zero attached hydrogens (tertiary/aromatic N) is 3. The molecule has 3 aromatic rings. The van der Waals surface area contributed by atoms with Crippen molar-refractivity contribution < 1.29 is 9.90 Å². The van der Waals surface area contributed by atoms with E-state index in [1.807, 2.05) is 36.0 Å². The molecule has 2 aromatic carbocycles. The normalized spacial score (nSPS) is 11.2. The molecule has 0 atom stereocenters. The Morgan fingerprint density at radius 3 is 2.52 bits per heavy atom. The molecule has 0 bridgehead atoms. The monoisotopic (exact) mass is 420 g/mol. The quantitative estimate of drug-likeness (QED) is 0.241. The van der Waals surface area contributed by atoms with Crippen LogP contribution in [0.25, 0.3) is 5.69 Å². The summed E-state index contributed by atoms with van der Waals surface area (Å²) in [6.07, 6.45) is 4.49. The predicted molar refractivity (Wildman–Crippen MR) is 122 cm³/mol. The van der Waals surface area contributed by atoms with Crippen LogP contribution in [-0.2, 0) is 6.42 Å². The Bertz CT molecular complexity index is 984. The van der Waals surface area contributed by atoms with Crippen LogP contribution in [0.4, 0.5) is 0 Å². The third-order valence-corrected chi connectivity index (χ3v) is 4.57. The molecule has 0 aliphatic heterocycles. The highest BCUT2D eigenvalue weighted by Gasteiger charge is 2.09. The van der Waals surface area contributed by atoms with Crippen LogP contribution in [0.5, 0.6) is 5.75 Å². The number of amides is 1. The van der Waals surface area contributed by atoms with Gasteiger partial charge in [-0.2, -0.15) is 5.10 Å². The molecule has 0 spiro atoms. The van der Waals surface area contributed by atoms with Crippen LogP contribution < -0.4 is 16.0 Å². The maximum absolute atomic E-state index is 12.1. The van der Waals surface area contributed by atoms with Crippen molar-refractivity contribution in [1.29, 1.82) is 0 Å². The molecule has 0 saturated carbocycles. The number of para-hydroxylation sites is 1. The molecular weight excluding hydrogens is 392 g/mol. The van der Waals surface area contributed by atoms with Crippen molar-refractivity contribution in [2.24, 2.45) is 4.99 Å². The van der Waals surface area contributed by atoms with Crippen LogP contribution in [0.15, 0.2) is 72.0 Å². The minimum atomic E-state index is -0.305. The van der Waals surface area contributed by atoms with E-state index in [-0.39, 0.29) is 17.2 Å². The van der Waals surface area contributed by atoms with Crippen LogP contribution in [0, 0.1) is 0 Å². The summed E-state index contributed by atoms with van der Waals surface area (Å²) in [6, 6.07) is 16.6. The zero-order valence-electron chi connectivity index (χ0n) is 17.6. The summed E-state index contributed by atoms with van der Waals surface area (Å²) >= 11 is 0. The molecule has 1 heterocycles. The molecule has 31 heavy (non-hydrogen) atoms. The smallest absolute Gasteiger partial charge is 0.255 e. The van der Waals surface area contributed by atoms with E-state index in [0.29, 0.717) is 25.6 Å². The highest BCUT2D eigenvalue weighted by atomic mass is 16.3. The lowest BCUT2D eigenvalue weighted by atomic mass is 10.1. The second-order valence-corrected chi connectivity index (χ2v) is 6.83. The number of guanidine groups is 1. The molecule has 0 saturated heterocycles. The van der Waals surface area contributed by atoms with Crippen molar-refractivity contribution in [3.05, 3.63) is 78.1 Å². The first-order valence-corrected chi connectivity index (χ1v) is 10.3. The number of phenols is 1. The number of nitrogens with one attached hydrogen (secondary N) is 3. The topological polar surface area (TPSA) is 104 Å². The summed E-state index contributed by atoms with van der Waals surface area (Å²) in [4.78, 5) is 16.7. The van der Waals surface area contributed by atoms with E-state index in [4.69, 9.17) is 0 Å². The van der Waals surface area contributed by atoms with Gasteiger partial charge in [0, 0.05) is 38.6 Å². The predicted octanol–water partition coefficient (Wildman–Crippen LogP) is 2.11. The molecule has 8 nitrogen and oxygen atoms in total. The van der Waals surface area contributed by atoms with E-state index in [0.717, 1.165) is 18.7 Å². The van der Waals surface area contributed by atoms with Gasteiger partial charge in [0.25, 0.3) is 5.91 Å². The summed E-state index contributed by atoms with van der Waals surface area (Å²) in [7, 11) is 0. The van der Waals surface area contributed by atoms with E-state index in [1.54, 1.807) is 24.4 Å². The largest absolute Gasteiger partial charge is 0.507 e. The van der Waals surface area contributed by atoms with E-state index < -0.39 is 0 Å². The van der Waals surface area contributed by atoms with Gasteiger partial charge in [0.05, 0.1) is 11.3 Å². The number of carbonyl (C=O) groups is 1. The number of aromatic nitrogens is 2. The van der Waals surface area contributed by atoms with Crippen LogP contribution in [-0.4, -0.2) is 52.9 Å². The number of carbonyl (C=O) groups excluding carboxylic acids is 1. The third kappa shape index (κ3) is 6.60. The fourth-order valence-corrected chi connectivity index (χ4v) is 2.99. The molecule has 3 rings (SSSR count). The van der Waals surface area contributed by atoms with E-state index in [1.165, 1.54) is 11.6 Å². The summed E-state index contributed by atoms with van der Waals surface area (Å²) < 4.78 is 1.83. The van der Waals surface area contributed by atoms with Crippen LogP contribution >= 0.6 is 0 Å².